The summed E-state index contributed by atoms with van der Waals surface area (Å²) in [5, 5.41) is 2.89. The molecular formula is C21H24N2O6S. The van der Waals surface area contributed by atoms with E-state index in [1.165, 1.54) is 11.4 Å². The summed E-state index contributed by atoms with van der Waals surface area (Å²) in [7, 11) is -2.24. The quantitative estimate of drug-likeness (QED) is 0.781. The topological polar surface area (TPSA) is 94.2 Å². The Hall–Kier alpha value is -2.78. The van der Waals surface area contributed by atoms with E-state index in [0.29, 0.717) is 35.8 Å². The van der Waals surface area contributed by atoms with E-state index in [0.717, 1.165) is 5.56 Å². The van der Waals surface area contributed by atoms with Crippen molar-refractivity contribution in [3.63, 3.8) is 0 Å². The predicted molar refractivity (Wildman–Crippen MR) is 110 cm³/mol. The number of carbonyl (C=O) groups is 1. The standard InChI is InChI=1S/C21H24N2O6S/c1-14-3-5-18(27-2)20(11-14)30(25,26)23-9-7-15(8-10-23)21(24)22-16-4-6-17-19(12-16)29-13-28-17/h3-6,11-12,15H,7-10,13H2,1-2H3,(H,22,24). The predicted octanol–water partition coefficient (Wildman–Crippen LogP) is 2.77. The molecule has 0 spiro atoms. The Bertz CT molecular complexity index is 1060. The van der Waals surface area contributed by atoms with Crippen LogP contribution in [0.5, 0.6) is 17.2 Å². The van der Waals surface area contributed by atoms with Gasteiger partial charge in [-0.15, -0.1) is 0 Å². The minimum absolute atomic E-state index is 0.126. The number of ether oxygens (including phenoxy) is 3. The van der Waals surface area contributed by atoms with Gasteiger partial charge in [-0.3, -0.25) is 4.79 Å². The number of aryl methyl sites for hydroxylation is 1. The van der Waals surface area contributed by atoms with Crippen molar-refractivity contribution in [3.8, 4) is 17.2 Å². The summed E-state index contributed by atoms with van der Waals surface area (Å²) >= 11 is 0. The molecule has 1 fully saturated rings. The van der Waals surface area contributed by atoms with Gasteiger partial charge in [-0.05, 0) is 49.6 Å². The Kier molecular flexibility index (Phi) is 5.57. The largest absolute Gasteiger partial charge is 0.495 e. The zero-order valence-electron chi connectivity index (χ0n) is 16.9. The monoisotopic (exact) mass is 432 g/mol. The number of nitrogens with zero attached hydrogens (tertiary/aromatic N) is 1. The van der Waals surface area contributed by atoms with Crippen molar-refractivity contribution in [2.24, 2.45) is 5.92 Å². The first kappa shape index (κ1) is 20.5. The SMILES string of the molecule is COc1ccc(C)cc1S(=O)(=O)N1CCC(C(=O)Nc2ccc3c(c2)OCO3)CC1. The highest BCUT2D eigenvalue weighted by atomic mass is 32.2. The lowest BCUT2D eigenvalue weighted by Crippen LogP contribution is -2.41. The number of rotatable bonds is 5. The lowest BCUT2D eigenvalue weighted by Gasteiger charge is -2.31. The number of nitrogens with one attached hydrogen (secondary N) is 1. The number of hydrogen-bond donors (Lipinski definition) is 1. The van der Waals surface area contributed by atoms with E-state index in [-0.39, 0.29) is 36.6 Å². The molecule has 1 saturated heterocycles. The summed E-state index contributed by atoms with van der Waals surface area (Å²) < 4.78 is 43.5. The van der Waals surface area contributed by atoms with Gasteiger partial charge >= 0.3 is 0 Å². The van der Waals surface area contributed by atoms with Crippen molar-refractivity contribution in [2.75, 3.05) is 32.3 Å². The molecule has 0 unspecified atom stereocenters. The van der Waals surface area contributed by atoms with Crippen LogP contribution in [0, 0.1) is 12.8 Å². The number of methoxy groups -OCH3 is 1. The van der Waals surface area contributed by atoms with Crippen LogP contribution in [-0.2, 0) is 14.8 Å². The fourth-order valence-electron chi connectivity index (χ4n) is 3.70. The van der Waals surface area contributed by atoms with Gasteiger partial charge in [0, 0.05) is 30.8 Å². The van der Waals surface area contributed by atoms with Gasteiger partial charge in [0.15, 0.2) is 11.5 Å². The summed E-state index contributed by atoms with van der Waals surface area (Å²) in [6, 6.07) is 10.3. The molecule has 0 bridgehead atoms. The van der Waals surface area contributed by atoms with Crippen LogP contribution in [0.15, 0.2) is 41.3 Å². The number of fused-ring (bicyclic) bond motifs is 1. The zero-order valence-corrected chi connectivity index (χ0v) is 17.7. The molecule has 1 N–H and O–H groups in total. The first-order valence-electron chi connectivity index (χ1n) is 9.74. The van der Waals surface area contributed by atoms with Crippen LogP contribution in [0.1, 0.15) is 18.4 Å². The van der Waals surface area contributed by atoms with Crippen molar-refractivity contribution in [1.82, 2.24) is 4.31 Å². The smallest absolute Gasteiger partial charge is 0.246 e. The van der Waals surface area contributed by atoms with Crippen molar-refractivity contribution in [2.45, 2.75) is 24.7 Å². The van der Waals surface area contributed by atoms with E-state index >= 15 is 0 Å². The van der Waals surface area contributed by atoms with E-state index in [1.807, 2.05) is 13.0 Å². The van der Waals surface area contributed by atoms with Crippen LogP contribution in [0.4, 0.5) is 5.69 Å². The van der Waals surface area contributed by atoms with E-state index in [4.69, 9.17) is 14.2 Å². The second-order valence-electron chi connectivity index (χ2n) is 7.39. The molecule has 2 aromatic carbocycles. The van der Waals surface area contributed by atoms with Crippen LogP contribution in [0.3, 0.4) is 0 Å². The number of carbonyl (C=O) groups excluding carboxylic acids is 1. The molecule has 0 saturated carbocycles. The number of amides is 1. The number of benzene rings is 2. The van der Waals surface area contributed by atoms with E-state index in [1.54, 1.807) is 30.3 Å². The summed E-state index contributed by atoms with van der Waals surface area (Å²) in [4.78, 5) is 12.8. The molecule has 0 radical (unpaired) electrons. The lowest BCUT2D eigenvalue weighted by atomic mass is 9.97. The fraction of sp³-hybridized carbons (Fsp3) is 0.381. The summed E-state index contributed by atoms with van der Waals surface area (Å²) in [5.41, 5.74) is 1.47. The molecule has 2 aliphatic rings. The Morgan fingerprint density at radius 1 is 1.10 bits per heavy atom. The Labute approximate surface area is 175 Å². The van der Waals surface area contributed by atoms with E-state index in [9.17, 15) is 13.2 Å². The Morgan fingerprint density at radius 2 is 1.83 bits per heavy atom. The molecule has 160 valence electrons. The van der Waals surface area contributed by atoms with Crippen LogP contribution in [0.2, 0.25) is 0 Å². The first-order chi connectivity index (χ1) is 14.4. The van der Waals surface area contributed by atoms with Gasteiger partial charge in [-0.1, -0.05) is 6.07 Å². The maximum atomic E-state index is 13.1. The first-order valence-corrected chi connectivity index (χ1v) is 11.2. The molecule has 0 aromatic heterocycles. The maximum Gasteiger partial charge on any atom is 0.246 e. The minimum Gasteiger partial charge on any atom is -0.495 e. The average Bonchev–Trinajstić information content (AvgIpc) is 3.21. The van der Waals surface area contributed by atoms with Crippen molar-refractivity contribution in [3.05, 3.63) is 42.0 Å². The molecule has 2 aliphatic heterocycles. The highest BCUT2D eigenvalue weighted by Crippen LogP contribution is 2.35. The third-order valence-corrected chi connectivity index (χ3v) is 7.32. The van der Waals surface area contributed by atoms with Crippen LogP contribution >= 0.6 is 0 Å². The molecule has 0 aliphatic carbocycles. The lowest BCUT2D eigenvalue weighted by molar-refractivity contribution is -0.120. The van der Waals surface area contributed by atoms with Gasteiger partial charge in [0.2, 0.25) is 22.7 Å². The van der Waals surface area contributed by atoms with Crippen molar-refractivity contribution >= 4 is 21.6 Å². The van der Waals surface area contributed by atoms with Crippen LogP contribution in [0.25, 0.3) is 0 Å². The molecule has 9 heteroatoms. The molecule has 1 amide bonds. The molecule has 30 heavy (non-hydrogen) atoms. The number of anilines is 1. The molecule has 0 atom stereocenters. The average molecular weight is 432 g/mol. The van der Waals surface area contributed by atoms with E-state index < -0.39 is 10.0 Å². The normalized spacial score (nSPS) is 17.0. The van der Waals surface area contributed by atoms with Crippen LogP contribution < -0.4 is 19.5 Å². The molecule has 8 nitrogen and oxygen atoms in total. The second-order valence-corrected chi connectivity index (χ2v) is 9.30. The highest BCUT2D eigenvalue weighted by Gasteiger charge is 2.34. The van der Waals surface area contributed by atoms with Gasteiger partial charge in [-0.25, -0.2) is 8.42 Å². The molecule has 2 heterocycles. The Balaban J connectivity index is 1.41. The Morgan fingerprint density at radius 3 is 2.57 bits per heavy atom. The van der Waals surface area contributed by atoms with Gasteiger partial charge in [-0.2, -0.15) is 4.31 Å². The van der Waals surface area contributed by atoms with Gasteiger partial charge < -0.3 is 19.5 Å². The summed E-state index contributed by atoms with van der Waals surface area (Å²) in [6.45, 7) is 2.56. The highest BCUT2D eigenvalue weighted by molar-refractivity contribution is 7.89. The number of piperidine rings is 1. The molecule has 4 rings (SSSR count). The molecular weight excluding hydrogens is 408 g/mol. The molecule has 2 aromatic rings. The second kappa shape index (κ2) is 8.16. The minimum atomic E-state index is -3.70. The maximum absolute atomic E-state index is 13.1. The van der Waals surface area contributed by atoms with Gasteiger partial charge in [0.25, 0.3) is 0 Å². The van der Waals surface area contributed by atoms with Crippen molar-refractivity contribution < 1.29 is 27.4 Å². The van der Waals surface area contributed by atoms with Gasteiger partial charge in [0.1, 0.15) is 10.6 Å². The third-order valence-electron chi connectivity index (χ3n) is 5.40. The van der Waals surface area contributed by atoms with E-state index in [2.05, 4.69) is 5.32 Å². The summed E-state index contributed by atoms with van der Waals surface area (Å²) in [6.07, 6.45) is 0.896. The third kappa shape index (κ3) is 3.95. The van der Waals surface area contributed by atoms with Crippen LogP contribution in [-0.4, -0.2) is 45.6 Å². The van der Waals surface area contributed by atoms with Gasteiger partial charge in [0.05, 0.1) is 7.11 Å². The number of sulfonamides is 1. The fourth-order valence-corrected chi connectivity index (χ4v) is 5.41. The zero-order chi connectivity index (χ0) is 21.3. The van der Waals surface area contributed by atoms with Crippen molar-refractivity contribution in [1.29, 1.82) is 0 Å². The summed E-state index contributed by atoms with van der Waals surface area (Å²) in [5.74, 6) is 1.18. The number of hydrogen-bond acceptors (Lipinski definition) is 6.